The standard InChI is InChI=1S/C19H27N3OS/c1-15(13-18-10-9-16(2)24-18)22-19(20-3)21-11-12-23-14-17-7-5-4-6-8-17/h4-10,15H,11-14H2,1-3H3,(H2,20,21,22). The molecule has 1 unspecified atom stereocenters. The van der Waals surface area contributed by atoms with Gasteiger partial charge in [0.1, 0.15) is 0 Å². The lowest BCUT2D eigenvalue weighted by molar-refractivity contribution is 0.125. The molecule has 1 aromatic heterocycles. The molecule has 1 aromatic carbocycles. The SMILES string of the molecule is CN=C(NCCOCc1ccccc1)NC(C)Cc1ccc(C)s1. The number of nitrogens with one attached hydrogen (secondary N) is 2. The molecule has 0 aliphatic heterocycles. The third-order valence-corrected chi connectivity index (χ3v) is 4.58. The average molecular weight is 346 g/mol. The van der Waals surface area contributed by atoms with Gasteiger partial charge in [0.15, 0.2) is 5.96 Å². The van der Waals surface area contributed by atoms with E-state index in [-0.39, 0.29) is 0 Å². The van der Waals surface area contributed by atoms with Gasteiger partial charge in [-0.15, -0.1) is 11.3 Å². The number of aliphatic imine (C=N–C) groups is 1. The fourth-order valence-electron chi connectivity index (χ4n) is 2.38. The van der Waals surface area contributed by atoms with Gasteiger partial charge in [0.25, 0.3) is 0 Å². The number of benzene rings is 1. The molecule has 0 radical (unpaired) electrons. The van der Waals surface area contributed by atoms with E-state index in [1.54, 1.807) is 7.05 Å². The van der Waals surface area contributed by atoms with Crippen LogP contribution < -0.4 is 10.6 Å². The van der Waals surface area contributed by atoms with Crippen molar-refractivity contribution in [1.82, 2.24) is 10.6 Å². The second kappa shape index (κ2) is 10.1. The Balaban J connectivity index is 1.63. The van der Waals surface area contributed by atoms with E-state index in [2.05, 4.69) is 53.7 Å². The van der Waals surface area contributed by atoms with E-state index in [1.165, 1.54) is 15.3 Å². The largest absolute Gasteiger partial charge is 0.375 e. The van der Waals surface area contributed by atoms with Crippen molar-refractivity contribution < 1.29 is 4.74 Å². The molecule has 2 rings (SSSR count). The molecule has 4 nitrogen and oxygen atoms in total. The predicted molar refractivity (Wildman–Crippen MR) is 103 cm³/mol. The molecule has 2 N–H and O–H groups in total. The summed E-state index contributed by atoms with van der Waals surface area (Å²) in [4.78, 5) is 7.03. The van der Waals surface area contributed by atoms with Crippen LogP contribution in [-0.2, 0) is 17.8 Å². The van der Waals surface area contributed by atoms with Crippen LogP contribution in [-0.4, -0.2) is 32.2 Å². The second-order valence-electron chi connectivity index (χ2n) is 5.80. The van der Waals surface area contributed by atoms with E-state index in [0.717, 1.165) is 18.9 Å². The normalized spacial score (nSPS) is 12.9. The van der Waals surface area contributed by atoms with Crippen molar-refractivity contribution in [3.63, 3.8) is 0 Å². The Bertz CT molecular complexity index is 625. The number of thiophene rings is 1. The summed E-state index contributed by atoms with van der Waals surface area (Å²) < 4.78 is 5.67. The number of guanidine groups is 1. The van der Waals surface area contributed by atoms with Gasteiger partial charge in [0.05, 0.1) is 13.2 Å². The van der Waals surface area contributed by atoms with Crippen LogP contribution in [0, 0.1) is 6.92 Å². The van der Waals surface area contributed by atoms with Crippen molar-refractivity contribution in [2.45, 2.75) is 32.9 Å². The van der Waals surface area contributed by atoms with Crippen LogP contribution in [0.2, 0.25) is 0 Å². The fourth-order valence-corrected chi connectivity index (χ4v) is 3.40. The van der Waals surface area contributed by atoms with E-state index >= 15 is 0 Å². The van der Waals surface area contributed by atoms with Crippen LogP contribution in [0.15, 0.2) is 47.5 Å². The molecule has 2 aromatic rings. The minimum atomic E-state index is 0.333. The first-order valence-corrected chi connectivity index (χ1v) is 9.13. The van der Waals surface area contributed by atoms with E-state index in [1.807, 2.05) is 29.5 Å². The molecular weight excluding hydrogens is 318 g/mol. The number of hydrogen-bond donors (Lipinski definition) is 2. The first kappa shape index (κ1) is 18.5. The smallest absolute Gasteiger partial charge is 0.191 e. The highest BCUT2D eigenvalue weighted by Gasteiger charge is 2.07. The topological polar surface area (TPSA) is 45.7 Å². The van der Waals surface area contributed by atoms with Crippen LogP contribution in [0.25, 0.3) is 0 Å². The lowest BCUT2D eigenvalue weighted by Crippen LogP contribution is -2.44. The fraction of sp³-hybridized carbons (Fsp3) is 0.421. The molecule has 0 fully saturated rings. The zero-order chi connectivity index (χ0) is 17.2. The Morgan fingerprint density at radius 1 is 1.21 bits per heavy atom. The highest BCUT2D eigenvalue weighted by Crippen LogP contribution is 2.16. The van der Waals surface area contributed by atoms with Gasteiger partial charge in [-0.05, 0) is 31.5 Å². The van der Waals surface area contributed by atoms with E-state index in [9.17, 15) is 0 Å². The summed E-state index contributed by atoms with van der Waals surface area (Å²) in [6, 6.07) is 14.9. The summed E-state index contributed by atoms with van der Waals surface area (Å²) in [6.45, 7) is 6.34. The van der Waals surface area contributed by atoms with E-state index in [0.29, 0.717) is 19.3 Å². The number of hydrogen-bond acceptors (Lipinski definition) is 3. The van der Waals surface area contributed by atoms with Crippen LogP contribution in [0.4, 0.5) is 0 Å². The molecule has 130 valence electrons. The predicted octanol–water partition coefficient (Wildman–Crippen LogP) is 3.37. The van der Waals surface area contributed by atoms with Gasteiger partial charge in [-0.25, -0.2) is 0 Å². The average Bonchev–Trinajstić information content (AvgIpc) is 2.99. The molecule has 0 saturated heterocycles. The third-order valence-electron chi connectivity index (χ3n) is 3.56. The third kappa shape index (κ3) is 6.72. The maximum absolute atomic E-state index is 5.67. The quantitative estimate of drug-likeness (QED) is 0.438. The van der Waals surface area contributed by atoms with Crippen molar-refractivity contribution in [2.24, 2.45) is 4.99 Å². The highest BCUT2D eigenvalue weighted by molar-refractivity contribution is 7.11. The van der Waals surface area contributed by atoms with Gasteiger partial charge in [0.2, 0.25) is 0 Å². The lowest BCUT2D eigenvalue weighted by Gasteiger charge is -2.17. The molecule has 0 saturated carbocycles. The van der Waals surface area contributed by atoms with E-state index < -0.39 is 0 Å². The zero-order valence-electron chi connectivity index (χ0n) is 14.7. The summed E-state index contributed by atoms with van der Waals surface area (Å²) in [5.74, 6) is 0.819. The maximum atomic E-state index is 5.67. The molecule has 5 heteroatoms. The monoisotopic (exact) mass is 345 g/mol. The number of rotatable bonds is 8. The van der Waals surface area contributed by atoms with Gasteiger partial charge in [-0.3, -0.25) is 4.99 Å². The van der Waals surface area contributed by atoms with Crippen molar-refractivity contribution in [2.75, 3.05) is 20.2 Å². The van der Waals surface area contributed by atoms with Gasteiger partial charge < -0.3 is 15.4 Å². The van der Waals surface area contributed by atoms with Gasteiger partial charge >= 0.3 is 0 Å². The van der Waals surface area contributed by atoms with Gasteiger partial charge in [-0.2, -0.15) is 0 Å². The van der Waals surface area contributed by atoms with Crippen molar-refractivity contribution >= 4 is 17.3 Å². The Hall–Kier alpha value is -1.85. The maximum Gasteiger partial charge on any atom is 0.191 e. The summed E-state index contributed by atoms with van der Waals surface area (Å²) in [5.41, 5.74) is 1.19. The Labute approximate surface area is 149 Å². The molecule has 1 heterocycles. The van der Waals surface area contributed by atoms with Crippen molar-refractivity contribution in [3.05, 3.63) is 57.8 Å². The first-order valence-electron chi connectivity index (χ1n) is 8.31. The molecule has 24 heavy (non-hydrogen) atoms. The van der Waals surface area contributed by atoms with E-state index in [4.69, 9.17) is 4.74 Å². The molecule has 0 spiro atoms. The minimum Gasteiger partial charge on any atom is -0.375 e. The Kier molecular flexibility index (Phi) is 7.79. The zero-order valence-corrected chi connectivity index (χ0v) is 15.5. The van der Waals surface area contributed by atoms with Crippen LogP contribution in [0.1, 0.15) is 22.2 Å². The van der Waals surface area contributed by atoms with Crippen LogP contribution in [0.5, 0.6) is 0 Å². The lowest BCUT2D eigenvalue weighted by atomic mass is 10.2. The number of nitrogens with zero attached hydrogens (tertiary/aromatic N) is 1. The molecule has 0 aliphatic rings. The summed E-state index contributed by atoms with van der Waals surface area (Å²) >= 11 is 1.85. The van der Waals surface area contributed by atoms with Crippen LogP contribution >= 0.6 is 11.3 Å². The van der Waals surface area contributed by atoms with Crippen molar-refractivity contribution in [3.8, 4) is 0 Å². The molecule has 0 bridgehead atoms. The summed E-state index contributed by atoms with van der Waals surface area (Å²) in [6.07, 6.45) is 1.00. The first-order chi connectivity index (χ1) is 11.7. The van der Waals surface area contributed by atoms with Crippen molar-refractivity contribution in [1.29, 1.82) is 0 Å². The Morgan fingerprint density at radius 3 is 2.67 bits per heavy atom. The number of aryl methyl sites for hydroxylation is 1. The Morgan fingerprint density at radius 2 is 2.00 bits per heavy atom. The molecule has 0 amide bonds. The minimum absolute atomic E-state index is 0.333. The highest BCUT2D eigenvalue weighted by atomic mass is 32.1. The summed E-state index contributed by atoms with van der Waals surface area (Å²) in [7, 11) is 1.79. The van der Waals surface area contributed by atoms with Crippen LogP contribution in [0.3, 0.4) is 0 Å². The number of ether oxygens (including phenoxy) is 1. The molecule has 1 atom stereocenters. The van der Waals surface area contributed by atoms with Gasteiger partial charge in [-0.1, -0.05) is 30.3 Å². The molecular formula is C19H27N3OS. The summed E-state index contributed by atoms with van der Waals surface area (Å²) in [5, 5.41) is 6.72. The van der Waals surface area contributed by atoms with Gasteiger partial charge in [0, 0.05) is 35.8 Å². The second-order valence-corrected chi connectivity index (χ2v) is 7.17. The molecule has 0 aliphatic carbocycles.